The van der Waals surface area contributed by atoms with E-state index in [0.29, 0.717) is 12.2 Å². The first-order chi connectivity index (χ1) is 10.3. The van der Waals surface area contributed by atoms with Crippen molar-refractivity contribution in [1.29, 1.82) is 0 Å². The zero-order valence-corrected chi connectivity index (χ0v) is 14.3. The maximum atomic E-state index is 12.6. The second-order valence-corrected chi connectivity index (χ2v) is 7.76. The van der Waals surface area contributed by atoms with E-state index in [2.05, 4.69) is 9.82 Å². The van der Waals surface area contributed by atoms with Crippen molar-refractivity contribution in [2.75, 3.05) is 6.54 Å². The van der Waals surface area contributed by atoms with Crippen LogP contribution in [0.1, 0.15) is 33.7 Å². The first-order valence-electron chi connectivity index (χ1n) is 7.45. The Morgan fingerprint density at radius 3 is 2.32 bits per heavy atom. The normalized spacial score (nSPS) is 12.3. The van der Waals surface area contributed by atoms with Crippen molar-refractivity contribution >= 4 is 10.0 Å². The zero-order valence-electron chi connectivity index (χ0n) is 13.4. The second-order valence-electron chi connectivity index (χ2n) is 6.03. The third kappa shape index (κ3) is 3.75. The number of aromatic nitrogens is 2. The minimum atomic E-state index is -3.58. The molecule has 0 saturated carbocycles. The lowest BCUT2D eigenvalue weighted by molar-refractivity contribution is 0.531. The van der Waals surface area contributed by atoms with Crippen LogP contribution in [0, 0.1) is 5.92 Å². The molecule has 6 heteroatoms. The molecule has 0 fully saturated rings. The van der Waals surface area contributed by atoms with E-state index in [-0.39, 0.29) is 16.9 Å². The van der Waals surface area contributed by atoms with Gasteiger partial charge < -0.3 is 0 Å². The Kier molecular flexibility index (Phi) is 5.03. The van der Waals surface area contributed by atoms with Crippen LogP contribution in [0.5, 0.6) is 0 Å². The summed E-state index contributed by atoms with van der Waals surface area (Å²) in [7, 11) is -3.58. The average molecular weight is 321 g/mol. The molecule has 2 rings (SSSR count). The predicted octanol–water partition coefficient (Wildman–Crippen LogP) is 3.07. The van der Waals surface area contributed by atoms with Crippen LogP contribution in [0.2, 0.25) is 0 Å². The number of nitrogens with zero attached hydrogens (tertiary/aromatic N) is 2. The predicted molar refractivity (Wildman–Crippen MR) is 88.1 cm³/mol. The maximum absolute atomic E-state index is 12.6. The monoisotopic (exact) mass is 321 g/mol. The Labute approximate surface area is 132 Å². The number of sulfonamides is 1. The standard InChI is InChI=1S/C16H23N3O2S/c1-12(2)10-17-22(20,21)15-11-19(13(3)4)18-16(15)14-8-6-5-7-9-14/h5-9,11-13,17H,10H2,1-4H3. The minimum absolute atomic E-state index is 0.0940. The van der Waals surface area contributed by atoms with Crippen molar-refractivity contribution in [2.24, 2.45) is 5.92 Å². The molecule has 0 saturated heterocycles. The molecule has 1 aromatic carbocycles. The van der Waals surface area contributed by atoms with Crippen LogP contribution in [0.3, 0.4) is 0 Å². The molecule has 2 aromatic rings. The fourth-order valence-electron chi connectivity index (χ4n) is 1.99. The van der Waals surface area contributed by atoms with Gasteiger partial charge in [-0.15, -0.1) is 0 Å². The molecule has 1 N–H and O–H groups in total. The van der Waals surface area contributed by atoms with Crippen LogP contribution in [0.15, 0.2) is 41.4 Å². The largest absolute Gasteiger partial charge is 0.268 e. The average Bonchev–Trinajstić information content (AvgIpc) is 2.92. The molecule has 0 radical (unpaired) electrons. The highest BCUT2D eigenvalue weighted by molar-refractivity contribution is 7.89. The summed E-state index contributed by atoms with van der Waals surface area (Å²) in [6, 6.07) is 9.48. The van der Waals surface area contributed by atoms with Gasteiger partial charge in [0.2, 0.25) is 10.0 Å². The highest BCUT2D eigenvalue weighted by Crippen LogP contribution is 2.27. The van der Waals surface area contributed by atoms with Gasteiger partial charge in [-0.2, -0.15) is 5.10 Å². The van der Waals surface area contributed by atoms with Gasteiger partial charge in [-0.05, 0) is 19.8 Å². The topological polar surface area (TPSA) is 64.0 Å². The van der Waals surface area contributed by atoms with E-state index in [4.69, 9.17) is 0 Å². The summed E-state index contributed by atoms with van der Waals surface area (Å²) in [5.41, 5.74) is 1.29. The third-order valence-electron chi connectivity index (χ3n) is 3.25. The van der Waals surface area contributed by atoms with E-state index < -0.39 is 10.0 Å². The molecule has 5 nitrogen and oxygen atoms in total. The summed E-state index contributed by atoms with van der Waals surface area (Å²) < 4.78 is 29.5. The first kappa shape index (κ1) is 16.7. The molecule has 0 spiro atoms. The molecular formula is C16H23N3O2S. The van der Waals surface area contributed by atoms with Crippen LogP contribution in [0.25, 0.3) is 11.3 Å². The van der Waals surface area contributed by atoms with Crippen LogP contribution >= 0.6 is 0 Å². The van der Waals surface area contributed by atoms with E-state index in [1.807, 2.05) is 58.0 Å². The molecule has 0 aliphatic heterocycles. The zero-order chi connectivity index (χ0) is 16.3. The van der Waals surface area contributed by atoms with Crippen molar-refractivity contribution in [3.63, 3.8) is 0 Å². The summed E-state index contributed by atoms with van der Waals surface area (Å²) in [5, 5.41) is 4.47. The molecule has 1 heterocycles. The van der Waals surface area contributed by atoms with Crippen LogP contribution in [-0.2, 0) is 10.0 Å². The van der Waals surface area contributed by atoms with Crippen LogP contribution in [-0.4, -0.2) is 24.7 Å². The van der Waals surface area contributed by atoms with Gasteiger partial charge in [-0.3, -0.25) is 4.68 Å². The molecule has 0 aliphatic rings. The van der Waals surface area contributed by atoms with Crippen molar-refractivity contribution in [2.45, 2.75) is 38.6 Å². The number of hydrogen-bond donors (Lipinski definition) is 1. The van der Waals surface area contributed by atoms with Gasteiger partial charge in [0.1, 0.15) is 10.6 Å². The van der Waals surface area contributed by atoms with Gasteiger partial charge in [0.15, 0.2) is 0 Å². The van der Waals surface area contributed by atoms with Crippen LogP contribution in [0.4, 0.5) is 0 Å². The molecule has 0 aliphatic carbocycles. The van der Waals surface area contributed by atoms with E-state index in [1.54, 1.807) is 10.9 Å². The second kappa shape index (κ2) is 6.62. The molecule has 0 atom stereocenters. The van der Waals surface area contributed by atoms with Crippen molar-refractivity contribution < 1.29 is 8.42 Å². The third-order valence-corrected chi connectivity index (χ3v) is 4.67. The lowest BCUT2D eigenvalue weighted by Gasteiger charge is -2.08. The van der Waals surface area contributed by atoms with Gasteiger partial charge in [-0.1, -0.05) is 44.2 Å². The first-order valence-corrected chi connectivity index (χ1v) is 8.94. The highest BCUT2D eigenvalue weighted by Gasteiger charge is 2.24. The van der Waals surface area contributed by atoms with Gasteiger partial charge in [-0.25, -0.2) is 13.1 Å². The Hall–Kier alpha value is -1.66. The quantitative estimate of drug-likeness (QED) is 0.889. The van der Waals surface area contributed by atoms with Crippen LogP contribution < -0.4 is 4.72 Å². The van der Waals surface area contributed by atoms with E-state index in [0.717, 1.165) is 5.56 Å². The molecule has 1 aromatic heterocycles. The Morgan fingerprint density at radius 2 is 1.77 bits per heavy atom. The molecule has 0 unspecified atom stereocenters. The lowest BCUT2D eigenvalue weighted by Crippen LogP contribution is -2.27. The van der Waals surface area contributed by atoms with Gasteiger partial charge in [0.25, 0.3) is 0 Å². The molecule has 0 bridgehead atoms. The van der Waals surface area contributed by atoms with Crippen molar-refractivity contribution in [3.8, 4) is 11.3 Å². The van der Waals surface area contributed by atoms with Gasteiger partial charge in [0, 0.05) is 24.3 Å². The summed E-state index contributed by atoms with van der Waals surface area (Å²) in [4.78, 5) is 0.230. The number of rotatable bonds is 6. The lowest BCUT2D eigenvalue weighted by atomic mass is 10.2. The number of hydrogen-bond acceptors (Lipinski definition) is 3. The maximum Gasteiger partial charge on any atom is 0.244 e. The van der Waals surface area contributed by atoms with Crippen molar-refractivity contribution in [1.82, 2.24) is 14.5 Å². The molecular weight excluding hydrogens is 298 g/mol. The number of benzene rings is 1. The summed E-state index contributed by atoms with van der Waals surface area (Å²) in [5.74, 6) is 0.245. The fraction of sp³-hybridized carbons (Fsp3) is 0.438. The molecule has 0 amide bonds. The summed E-state index contributed by atoms with van der Waals surface area (Å²) in [6.45, 7) is 8.29. The molecule has 120 valence electrons. The van der Waals surface area contributed by atoms with Gasteiger partial charge >= 0.3 is 0 Å². The smallest absolute Gasteiger partial charge is 0.244 e. The molecule has 22 heavy (non-hydrogen) atoms. The van der Waals surface area contributed by atoms with E-state index in [9.17, 15) is 8.42 Å². The van der Waals surface area contributed by atoms with Gasteiger partial charge in [0.05, 0.1) is 0 Å². The highest BCUT2D eigenvalue weighted by atomic mass is 32.2. The minimum Gasteiger partial charge on any atom is -0.268 e. The van der Waals surface area contributed by atoms with E-state index in [1.165, 1.54) is 0 Å². The number of nitrogens with one attached hydrogen (secondary N) is 1. The summed E-state index contributed by atoms with van der Waals surface area (Å²) >= 11 is 0. The SMILES string of the molecule is CC(C)CNS(=O)(=O)c1cn(C(C)C)nc1-c1ccccc1. The Balaban J connectivity index is 2.50. The fourth-order valence-corrected chi connectivity index (χ4v) is 3.35. The Morgan fingerprint density at radius 1 is 1.14 bits per heavy atom. The van der Waals surface area contributed by atoms with E-state index >= 15 is 0 Å². The Bertz CT molecular complexity index is 719. The summed E-state index contributed by atoms with van der Waals surface area (Å²) in [6.07, 6.45) is 1.61. The van der Waals surface area contributed by atoms with Crippen molar-refractivity contribution in [3.05, 3.63) is 36.5 Å².